The highest BCUT2D eigenvalue weighted by Gasteiger charge is 2.30. The molecular formula is C18H25NS. The topological polar surface area (TPSA) is 12.0 Å². The molecule has 0 aliphatic carbocycles. The molecule has 1 N–H and O–H groups in total. The number of hydrogen-bond donors (Lipinski definition) is 1. The lowest BCUT2D eigenvalue weighted by atomic mass is 9.76. The van der Waals surface area contributed by atoms with Crippen LogP contribution < -0.4 is 5.32 Å². The minimum Gasteiger partial charge on any atom is -0.316 e. The van der Waals surface area contributed by atoms with E-state index in [2.05, 4.69) is 75.6 Å². The van der Waals surface area contributed by atoms with Gasteiger partial charge in [0, 0.05) is 21.2 Å². The zero-order chi connectivity index (χ0) is 14.6. The van der Waals surface area contributed by atoms with Crippen molar-refractivity contribution in [3.63, 3.8) is 0 Å². The van der Waals surface area contributed by atoms with Crippen molar-refractivity contribution in [2.24, 2.45) is 0 Å². The molecule has 1 nitrogen and oxygen atoms in total. The van der Waals surface area contributed by atoms with E-state index < -0.39 is 0 Å². The lowest BCUT2D eigenvalue weighted by Crippen LogP contribution is -2.44. The molecule has 2 heteroatoms. The first kappa shape index (κ1) is 15.3. The minimum absolute atomic E-state index is 0.117. The zero-order valence-corrected chi connectivity index (χ0v) is 13.8. The van der Waals surface area contributed by atoms with Gasteiger partial charge in [-0.3, -0.25) is 0 Å². The van der Waals surface area contributed by atoms with Gasteiger partial charge in [0.05, 0.1) is 0 Å². The van der Waals surface area contributed by atoms with Gasteiger partial charge in [0.15, 0.2) is 0 Å². The third-order valence-electron chi connectivity index (χ3n) is 4.21. The molecule has 2 rings (SSSR count). The highest BCUT2D eigenvalue weighted by atomic mass is 32.1. The Labute approximate surface area is 127 Å². The van der Waals surface area contributed by atoms with Crippen molar-refractivity contribution in [1.82, 2.24) is 5.32 Å². The van der Waals surface area contributed by atoms with Gasteiger partial charge in [-0.05, 0) is 37.6 Å². The van der Waals surface area contributed by atoms with Crippen LogP contribution in [0.2, 0.25) is 0 Å². The molecule has 1 aromatic heterocycles. The molecule has 108 valence electrons. The Morgan fingerprint density at radius 3 is 2.25 bits per heavy atom. The summed E-state index contributed by atoms with van der Waals surface area (Å²) >= 11 is 1.95. The molecule has 0 aliphatic rings. The number of hydrogen-bond acceptors (Lipinski definition) is 2. The van der Waals surface area contributed by atoms with E-state index in [0.29, 0.717) is 6.04 Å². The van der Waals surface area contributed by atoms with Gasteiger partial charge in [-0.2, -0.15) is 0 Å². The van der Waals surface area contributed by atoms with Crippen LogP contribution in [0.15, 0.2) is 42.5 Å². The molecule has 1 unspecified atom stereocenters. The Bertz CT molecular complexity index is 527. The highest BCUT2D eigenvalue weighted by Crippen LogP contribution is 2.30. The van der Waals surface area contributed by atoms with E-state index in [0.717, 1.165) is 12.8 Å². The van der Waals surface area contributed by atoms with Crippen molar-refractivity contribution in [3.8, 4) is 0 Å². The Balaban J connectivity index is 2.18. The number of aryl methyl sites for hydroxylation is 1. The first-order valence-corrected chi connectivity index (χ1v) is 8.20. The zero-order valence-electron chi connectivity index (χ0n) is 12.9. The van der Waals surface area contributed by atoms with Crippen LogP contribution in [0.3, 0.4) is 0 Å². The molecule has 20 heavy (non-hydrogen) atoms. The first-order chi connectivity index (χ1) is 9.57. The van der Waals surface area contributed by atoms with Crippen LogP contribution in [0.25, 0.3) is 0 Å². The summed E-state index contributed by atoms with van der Waals surface area (Å²) in [5.41, 5.74) is 1.51. The SMILES string of the molecule is CCc1ccc(CC(NC)C(C)(C)c2ccccc2)s1. The summed E-state index contributed by atoms with van der Waals surface area (Å²) in [6, 6.07) is 15.8. The van der Waals surface area contributed by atoms with Gasteiger partial charge in [-0.25, -0.2) is 0 Å². The number of thiophene rings is 1. The normalized spacial score (nSPS) is 13.4. The summed E-state index contributed by atoms with van der Waals surface area (Å²) < 4.78 is 0. The second-order valence-electron chi connectivity index (χ2n) is 5.85. The molecular weight excluding hydrogens is 262 g/mol. The van der Waals surface area contributed by atoms with E-state index in [-0.39, 0.29) is 5.41 Å². The maximum Gasteiger partial charge on any atom is 0.0204 e. The van der Waals surface area contributed by atoms with Gasteiger partial charge >= 0.3 is 0 Å². The summed E-state index contributed by atoms with van der Waals surface area (Å²) in [6.45, 7) is 6.88. The quantitative estimate of drug-likeness (QED) is 0.829. The minimum atomic E-state index is 0.117. The monoisotopic (exact) mass is 287 g/mol. The molecule has 2 aromatic rings. The second kappa shape index (κ2) is 6.55. The Kier molecular flexibility index (Phi) is 5.00. The third kappa shape index (κ3) is 3.31. The molecule has 1 aromatic carbocycles. The second-order valence-corrected chi connectivity index (χ2v) is 7.11. The fraction of sp³-hybridized carbons (Fsp3) is 0.444. The molecule has 1 heterocycles. The van der Waals surface area contributed by atoms with E-state index >= 15 is 0 Å². The van der Waals surface area contributed by atoms with Crippen LogP contribution in [0.1, 0.15) is 36.1 Å². The maximum absolute atomic E-state index is 3.52. The summed E-state index contributed by atoms with van der Waals surface area (Å²) in [7, 11) is 2.07. The third-order valence-corrected chi connectivity index (χ3v) is 5.46. The number of benzene rings is 1. The van der Waals surface area contributed by atoms with Crippen molar-refractivity contribution in [3.05, 3.63) is 57.8 Å². The van der Waals surface area contributed by atoms with Gasteiger partial charge in [0.2, 0.25) is 0 Å². The lowest BCUT2D eigenvalue weighted by Gasteiger charge is -2.34. The average molecular weight is 287 g/mol. The van der Waals surface area contributed by atoms with Crippen LogP contribution in [-0.4, -0.2) is 13.1 Å². The van der Waals surface area contributed by atoms with E-state index in [1.165, 1.54) is 15.3 Å². The van der Waals surface area contributed by atoms with Crippen LogP contribution in [-0.2, 0) is 18.3 Å². The van der Waals surface area contributed by atoms with E-state index in [9.17, 15) is 0 Å². The number of nitrogens with one attached hydrogen (secondary N) is 1. The van der Waals surface area contributed by atoms with Gasteiger partial charge in [0.1, 0.15) is 0 Å². The van der Waals surface area contributed by atoms with Crippen molar-refractivity contribution < 1.29 is 0 Å². The van der Waals surface area contributed by atoms with Gasteiger partial charge in [-0.1, -0.05) is 51.1 Å². The van der Waals surface area contributed by atoms with Gasteiger partial charge in [-0.15, -0.1) is 11.3 Å². The Morgan fingerprint density at radius 1 is 1.05 bits per heavy atom. The summed E-state index contributed by atoms with van der Waals surface area (Å²) in [4.78, 5) is 2.96. The fourth-order valence-corrected chi connectivity index (χ4v) is 3.71. The van der Waals surface area contributed by atoms with Crippen molar-refractivity contribution in [2.45, 2.75) is 45.1 Å². The molecule has 0 saturated heterocycles. The predicted molar refractivity (Wildman–Crippen MR) is 89.7 cm³/mol. The van der Waals surface area contributed by atoms with E-state index in [1.54, 1.807) is 0 Å². The van der Waals surface area contributed by atoms with Crippen LogP contribution in [0.5, 0.6) is 0 Å². The van der Waals surface area contributed by atoms with Crippen molar-refractivity contribution in [1.29, 1.82) is 0 Å². The molecule has 0 bridgehead atoms. The molecule has 0 radical (unpaired) electrons. The fourth-order valence-electron chi connectivity index (χ4n) is 2.71. The highest BCUT2D eigenvalue weighted by molar-refractivity contribution is 7.11. The maximum atomic E-state index is 3.52. The smallest absolute Gasteiger partial charge is 0.0204 e. The average Bonchev–Trinajstić information content (AvgIpc) is 2.93. The molecule has 0 saturated carbocycles. The molecule has 0 fully saturated rings. The van der Waals surface area contributed by atoms with E-state index in [4.69, 9.17) is 0 Å². The Hall–Kier alpha value is -1.12. The summed E-state index contributed by atoms with van der Waals surface area (Å²) in [5, 5.41) is 3.52. The van der Waals surface area contributed by atoms with Crippen molar-refractivity contribution >= 4 is 11.3 Å². The van der Waals surface area contributed by atoms with Crippen LogP contribution in [0, 0.1) is 0 Å². The molecule has 1 atom stereocenters. The number of rotatable bonds is 6. The van der Waals surface area contributed by atoms with Crippen LogP contribution in [0.4, 0.5) is 0 Å². The predicted octanol–water partition coefficient (Wildman–Crippen LogP) is 4.42. The lowest BCUT2D eigenvalue weighted by molar-refractivity contribution is 0.358. The largest absolute Gasteiger partial charge is 0.316 e. The Morgan fingerprint density at radius 2 is 1.70 bits per heavy atom. The first-order valence-electron chi connectivity index (χ1n) is 7.38. The summed E-state index contributed by atoms with van der Waals surface area (Å²) in [6.07, 6.45) is 2.22. The standard InChI is InChI=1S/C18H25NS/c1-5-15-11-12-16(20-15)13-17(19-4)18(2,3)14-9-7-6-8-10-14/h6-12,17,19H,5,13H2,1-4H3. The van der Waals surface area contributed by atoms with E-state index in [1.807, 2.05) is 11.3 Å². The van der Waals surface area contributed by atoms with Gasteiger partial charge in [0.25, 0.3) is 0 Å². The number of likely N-dealkylation sites (N-methyl/N-ethyl adjacent to an activating group) is 1. The summed E-state index contributed by atoms with van der Waals surface area (Å²) in [5.74, 6) is 0. The molecule has 0 amide bonds. The van der Waals surface area contributed by atoms with Crippen molar-refractivity contribution in [2.75, 3.05) is 7.05 Å². The molecule has 0 aliphatic heterocycles. The van der Waals surface area contributed by atoms with Gasteiger partial charge < -0.3 is 5.32 Å². The molecule has 0 spiro atoms. The van der Waals surface area contributed by atoms with Crippen LogP contribution >= 0.6 is 11.3 Å².